The zero-order chi connectivity index (χ0) is 16.2. The number of nitrogens with zero attached hydrogens (tertiary/aromatic N) is 1. The molecule has 0 aliphatic rings. The second-order valence-electron chi connectivity index (χ2n) is 3.92. The number of hydrogen-bond acceptors (Lipinski definition) is 4. The number of carboxylic acids is 1. The van der Waals surface area contributed by atoms with E-state index >= 15 is 0 Å². The van der Waals surface area contributed by atoms with Gasteiger partial charge in [0, 0.05) is 6.54 Å². The third-order valence-electron chi connectivity index (χ3n) is 2.48. The minimum atomic E-state index is -4.68. The number of rotatable bonds is 7. The molecule has 0 saturated heterocycles. The van der Waals surface area contributed by atoms with Crippen molar-refractivity contribution in [3.8, 4) is 0 Å². The number of hydrogen-bond donors (Lipinski definition) is 2. The third-order valence-corrected chi connectivity index (χ3v) is 4.39. The molecule has 0 aromatic heterocycles. The number of carbonyl (C=O) groups is 1. The van der Waals surface area contributed by atoms with Gasteiger partial charge in [-0.2, -0.15) is 4.31 Å². The molecule has 1 aromatic rings. The molecule has 0 bridgehead atoms. The van der Waals surface area contributed by atoms with E-state index in [1.54, 1.807) is 0 Å². The van der Waals surface area contributed by atoms with Crippen LogP contribution in [0.1, 0.15) is 10.4 Å². The van der Waals surface area contributed by atoms with Crippen molar-refractivity contribution in [3.63, 3.8) is 0 Å². The molecule has 1 rings (SSSR count). The van der Waals surface area contributed by atoms with Crippen LogP contribution in [0, 0.1) is 5.82 Å². The standard InChI is InChI=1S/C11H12F3NO5S/c12-7-1-2-8(11(17)18)9(5-7)21(19,20)15(3-4-16)6-10(13)14/h1-2,5,10,16H,3-4,6H2,(H,17,18). The Bertz CT molecular complexity index is 620. The third kappa shape index (κ3) is 4.16. The zero-order valence-electron chi connectivity index (χ0n) is 10.5. The predicted octanol–water partition coefficient (Wildman–Crippen LogP) is 0.772. The SMILES string of the molecule is O=C(O)c1ccc(F)cc1S(=O)(=O)N(CCO)CC(F)F. The Kier molecular flexibility index (Phi) is 5.70. The molecule has 0 spiro atoms. The monoisotopic (exact) mass is 327 g/mol. The van der Waals surface area contributed by atoms with Crippen LogP contribution in [0.4, 0.5) is 13.2 Å². The molecule has 0 unspecified atom stereocenters. The summed E-state index contributed by atoms with van der Waals surface area (Å²) in [6, 6.07) is 1.91. The molecule has 2 N–H and O–H groups in total. The maximum Gasteiger partial charge on any atom is 0.337 e. The van der Waals surface area contributed by atoms with Crippen LogP contribution in [0.5, 0.6) is 0 Å². The molecule has 0 heterocycles. The summed E-state index contributed by atoms with van der Waals surface area (Å²) >= 11 is 0. The number of aliphatic hydroxyl groups is 1. The van der Waals surface area contributed by atoms with E-state index in [4.69, 9.17) is 10.2 Å². The first-order valence-electron chi connectivity index (χ1n) is 5.62. The highest BCUT2D eigenvalue weighted by atomic mass is 32.2. The fraction of sp³-hybridized carbons (Fsp3) is 0.364. The topological polar surface area (TPSA) is 94.9 Å². The van der Waals surface area contributed by atoms with E-state index in [1.165, 1.54) is 0 Å². The lowest BCUT2D eigenvalue weighted by Crippen LogP contribution is -2.38. The molecule has 118 valence electrons. The molecule has 0 atom stereocenters. The average molecular weight is 327 g/mol. The number of carboxylic acid groups (broad SMARTS) is 1. The van der Waals surface area contributed by atoms with E-state index in [9.17, 15) is 26.4 Å². The van der Waals surface area contributed by atoms with Crippen molar-refractivity contribution in [2.75, 3.05) is 19.7 Å². The van der Waals surface area contributed by atoms with E-state index < -0.39 is 58.4 Å². The molecule has 0 aliphatic carbocycles. The van der Waals surface area contributed by atoms with Gasteiger partial charge in [-0.1, -0.05) is 0 Å². The fourth-order valence-corrected chi connectivity index (χ4v) is 3.20. The Labute approximate surface area is 118 Å². The van der Waals surface area contributed by atoms with E-state index in [0.29, 0.717) is 6.07 Å². The van der Waals surface area contributed by atoms with Crippen molar-refractivity contribution in [2.24, 2.45) is 0 Å². The van der Waals surface area contributed by atoms with Crippen molar-refractivity contribution in [1.82, 2.24) is 4.31 Å². The summed E-state index contributed by atoms with van der Waals surface area (Å²) in [5, 5.41) is 17.7. The predicted molar refractivity (Wildman–Crippen MR) is 65.2 cm³/mol. The molecule has 21 heavy (non-hydrogen) atoms. The summed E-state index contributed by atoms with van der Waals surface area (Å²) in [6.07, 6.45) is -3.03. The highest BCUT2D eigenvalue weighted by molar-refractivity contribution is 7.89. The largest absolute Gasteiger partial charge is 0.478 e. The van der Waals surface area contributed by atoms with Crippen LogP contribution in [0.15, 0.2) is 23.1 Å². The van der Waals surface area contributed by atoms with E-state index in [0.717, 1.165) is 12.1 Å². The van der Waals surface area contributed by atoms with Crippen LogP contribution >= 0.6 is 0 Å². The maximum absolute atomic E-state index is 13.2. The highest BCUT2D eigenvalue weighted by Gasteiger charge is 2.31. The van der Waals surface area contributed by atoms with E-state index in [1.807, 2.05) is 0 Å². The first kappa shape index (κ1) is 17.4. The number of aliphatic hydroxyl groups excluding tert-OH is 1. The summed E-state index contributed by atoms with van der Waals surface area (Å²) in [6.45, 7) is -2.65. The summed E-state index contributed by atoms with van der Waals surface area (Å²) < 4.78 is 62.6. The van der Waals surface area contributed by atoms with Gasteiger partial charge < -0.3 is 10.2 Å². The quantitative estimate of drug-likeness (QED) is 0.771. The summed E-state index contributed by atoms with van der Waals surface area (Å²) in [4.78, 5) is 10.0. The fourth-order valence-electron chi connectivity index (χ4n) is 1.60. The maximum atomic E-state index is 13.2. The summed E-state index contributed by atoms with van der Waals surface area (Å²) in [5.41, 5.74) is -0.742. The number of alkyl halides is 2. The van der Waals surface area contributed by atoms with Gasteiger partial charge >= 0.3 is 5.97 Å². The normalized spacial score (nSPS) is 12.1. The Morgan fingerprint density at radius 1 is 1.33 bits per heavy atom. The first-order valence-corrected chi connectivity index (χ1v) is 7.06. The number of halogens is 3. The van der Waals surface area contributed by atoms with Crippen molar-refractivity contribution < 1.29 is 36.6 Å². The van der Waals surface area contributed by atoms with Gasteiger partial charge in [-0.3, -0.25) is 0 Å². The van der Waals surface area contributed by atoms with Gasteiger partial charge in [-0.15, -0.1) is 0 Å². The van der Waals surface area contributed by atoms with Crippen molar-refractivity contribution in [3.05, 3.63) is 29.6 Å². The van der Waals surface area contributed by atoms with Gasteiger partial charge in [0.1, 0.15) is 5.82 Å². The Hall–Kier alpha value is -1.65. The Morgan fingerprint density at radius 2 is 1.95 bits per heavy atom. The lowest BCUT2D eigenvalue weighted by molar-refractivity contribution is 0.0692. The van der Waals surface area contributed by atoms with Crippen LogP contribution in [-0.2, 0) is 10.0 Å². The summed E-state index contributed by atoms with van der Waals surface area (Å²) in [7, 11) is -4.68. The van der Waals surface area contributed by atoms with Gasteiger partial charge in [0.2, 0.25) is 10.0 Å². The van der Waals surface area contributed by atoms with Crippen LogP contribution in [0.3, 0.4) is 0 Å². The van der Waals surface area contributed by atoms with Crippen LogP contribution < -0.4 is 0 Å². The zero-order valence-corrected chi connectivity index (χ0v) is 11.4. The molecule has 6 nitrogen and oxygen atoms in total. The van der Waals surface area contributed by atoms with E-state index in [2.05, 4.69) is 0 Å². The number of benzene rings is 1. The molecule has 0 amide bonds. The lowest BCUT2D eigenvalue weighted by atomic mass is 10.2. The van der Waals surface area contributed by atoms with E-state index in [-0.39, 0.29) is 4.31 Å². The molecule has 0 saturated carbocycles. The second kappa shape index (κ2) is 6.87. The molecular weight excluding hydrogens is 315 g/mol. The Balaban J connectivity index is 3.39. The minimum Gasteiger partial charge on any atom is -0.478 e. The van der Waals surface area contributed by atoms with Crippen LogP contribution in [0.2, 0.25) is 0 Å². The first-order chi connectivity index (χ1) is 9.70. The van der Waals surface area contributed by atoms with Gasteiger partial charge in [-0.05, 0) is 18.2 Å². The summed E-state index contributed by atoms with van der Waals surface area (Å²) in [5.74, 6) is -2.67. The highest BCUT2D eigenvalue weighted by Crippen LogP contribution is 2.22. The van der Waals surface area contributed by atoms with Crippen molar-refractivity contribution in [1.29, 1.82) is 0 Å². The smallest absolute Gasteiger partial charge is 0.337 e. The second-order valence-corrected chi connectivity index (χ2v) is 5.83. The van der Waals surface area contributed by atoms with Crippen LogP contribution in [0.25, 0.3) is 0 Å². The Morgan fingerprint density at radius 3 is 2.43 bits per heavy atom. The van der Waals surface area contributed by atoms with Gasteiger partial charge in [0.25, 0.3) is 6.43 Å². The number of sulfonamides is 1. The van der Waals surface area contributed by atoms with Crippen molar-refractivity contribution >= 4 is 16.0 Å². The van der Waals surface area contributed by atoms with Gasteiger partial charge in [0.15, 0.2) is 0 Å². The molecule has 0 fully saturated rings. The number of aromatic carboxylic acids is 1. The molecule has 1 aromatic carbocycles. The molecule has 0 radical (unpaired) electrons. The van der Waals surface area contributed by atoms with Crippen molar-refractivity contribution in [2.45, 2.75) is 11.3 Å². The minimum absolute atomic E-state index is 0.207. The average Bonchev–Trinajstić information content (AvgIpc) is 2.37. The van der Waals surface area contributed by atoms with Crippen LogP contribution in [-0.4, -0.2) is 55.0 Å². The van der Waals surface area contributed by atoms with Gasteiger partial charge in [-0.25, -0.2) is 26.4 Å². The molecule has 10 heteroatoms. The molecular formula is C11H12F3NO5S. The molecule has 0 aliphatic heterocycles. The lowest BCUT2D eigenvalue weighted by Gasteiger charge is -2.21. The van der Waals surface area contributed by atoms with Gasteiger partial charge in [0.05, 0.1) is 23.6 Å².